The predicted octanol–water partition coefficient (Wildman–Crippen LogP) is 8.49. The van der Waals surface area contributed by atoms with Crippen molar-refractivity contribution >= 4 is 22.9 Å². The third-order valence-corrected chi connectivity index (χ3v) is 7.68. The number of rotatable bonds is 20. The maximum Gasteiger partial charge on any atom is 0.262 e. The molecule has 0 atom stereocenters. The van der Waals surface area contributed by atoms with Gasteiger partial charge in [0.25, 0.3) is 5.91 Å². The first-order valence-corrected chi connectivity index (χ1v) is 15.7. The first-order chi connectivity index (χ1) is 19.1. The largest absolute Gasteiger partial charge is 0.494 e. The van der Waals surface area contributed by atoms with Crippen LogP contribution in [0.15, 0.2) is 60.2 Å². The molecule has 0 unspecified atom stereocenters. The van der Waals surface area contributed by atoms with E-state index in [0.29, 0.717) is 12.3 Å². The van der Waals surface area contributed by atoms with Gasteiger partial charge in [0.05, 0.1) is 17.2 Å². The van der Waals surface area contributed by atoms with E-state index in [1.807, 2.05) is 48.5 Å². The Morgan fingerprint density at radius 2 is 1.38 bits per heavy atom. The molecule has 0 aliphatic heterocycles. The Morgan fingerprint density at radius 1 is 0.795 bits per heavy atom. The molecule has 6 heteroatoms. The lowest BCUT2D eigenvalue weighted by molar-refractivity contribution is -0.683. The second-order valence-corrected chi connectivity index (χ2v) is 11.4. The van der Waals surface area contributed by atoms with Gasteiger partial charge in [-0.1, -0.05) is 107 Å². The zero-order chi connectivity index (χ0) is 27.5. The van der Waals surface area contributed by atoms with Crippen LogP contribution < -0.4 is 19.4 Å². The van der Waals surface area contributed by atoms with Crippen LogP contribution in [0, 0.1) is 6.92 Å². The van der Waals surface area contributed by atoms with Gasteiger partial charge in [0.15, 0.2) is 19.3 Å². The number of hydrogen-bond acceptors (Lipinski definition) is 4. The Bertz CT molecular complexity index is 1080. The van der Waals surface area contributed by atoms with Gasteiger partial charge in [-0.2, -0.15) is 4.57 Å². The summed E-state index contributed by atoms with van der Waals surface area (Å²) in [5, 5.41) is 2.99. The zero-order valence-corrected chi connectivity index (χ0v) is 24.8. The molecule has 0 spiro atoms. The molecule has 0 saturated heterocycles. The van der Waals surface area contributed by atoms with E-state index in [2.05, 4.69) is 35.4 Å². The summed E-state index contributed by atoms with van der Waals surface area (Å²) in [6, 6.07) is 15.4. The quantitative estimate of drug-likeness (QED) is 0.113. The molecule has 0 radical (unpaired) electrons. The Balaban J connectivity index is 1.25. The van der Waals surface area contributed by atoms with Crippen molar-refractivity contribution < 1.29 is 18.8 Å². The first-order valence-electron chi connectivity index (χ1n) is 14.8. The maximum atomic E-state index is 12.5. The summed E-state index contributed by atoms with van der Waals surface area (Å²) in [4.78, 5) is 13.8. The molecule has 2 aromatic carbocycles. The molecule has 1 amide bonds. The molecule has 0 bridgehead atoms. The summed E-state index contributed by atoms with van der Waals surface area (Å²) in [6.07, 6.45) is 18.2. The summed E-state index contributed by atoms with van der Waals surface area (Å²) in [5.74, 6) is 1.31. The van der Waals surface area contributed by atoms with Gasteiger partial charge in [0, 0.05) is 5.56 Å². The lowest BCUT2D eigenvalue weighted by atomic mass is 10.1. The van der Waals surface area contributed by atoms with Crippen LogP contribution in [0.1, 0.15) is 94.4 Å². The third kappa shape index (κ3) is 12.7. The highest BCUT2D eigenvalue weighted by Crippen LogP contribution is 2.19. The summed E-state index contributed by atoms with van der Waals surface area (Å²) in [5.41, 5.74) is 3.95. The molecule has 1 aromatic heterocycles. The fourth-order valence-corrected chi connectivity index (χ4v) is 5.24. The van der Waals surface area contributed by atoms with Crippen LogP contribution in [-0.2, 0) is 11.3 Å². The van der Waals surface area contributed by atoms with Crippen LogP contribution in [0.25, 0.3) is 0 Å². The number of thiazole rings is 1. The number of benzene rings is 2. The van der Waals surface area contributed by atoms with Crippen molar-refractivity contribution in [1.82, 2.24) is 0 Å². The number of amides is 1. The van der Waals surface area contributed by atoms with Crippen LogP contribution in [0.3, 0.4) is 0 Å². The SMILES string of the molecule is CCCCCCCCCCCCCCOc1ccc(OCC(=O)Nc2ccccc2C[n+]2csc(C)c2)cc1. The average molecular weight is 552 g/mol. The number of hydrogen-bond donors (Lipinski definition) is 1. The zero-order valence-electron chi connectivity index (χ0n) is 24.0. The number of nitrogens with one attached hydrogen (secondary N) is 1. The third-order valence-electron chi connectivity index (χ3n) is 6.83. The second-order valence-electron chi connectivity index (χ2n) is 10.3. The predicted molar refractivity (Wildman–Crippen MR) is 162 cm³/mol. The van der Waals surface area contributed by atoms with Crippen molar-refractivity contribution in [2.45, 2.75) is 97.4 Å². The van der Waals surface area contributed by atoms with E-state index in [-0.39, 0.29) is 12.5 Å². The van der Waals surface area contributed by atoms with E-state index in [9.17, 15) is 4.79 Å². The van der Waals surface area contributed by atoms with Gasteiger partial charge in [0.2, 0.25) is 5.51 Å². The summed E-state index contributed by atoms with van der Waals surface area (Å²) in [7, 11) is 0. The van der Waals surface area contributed by atoms with E-state index in [1.54, 1.807) is 11.3 Å². The highest BCUT2D eigenvalue weighted by molar-refractivity contribution is 7.09. The number of nitrogens with zero attached hydrogens (tertiary/aromatic N) is 1. The van der Waals surface area contributed by atoms with Crippen LogP contribution in [0.5, 0.6) is 11.5 Å². The van der Waals surface area contributed by atoms with Gasteiger partial charge in [-0.3, -0.25) is 4.79 Å². The number of aryl methyl sites for hydroxylation is 1. The first kappa shape index (κ1) is 30.7. The Morgan fingerprint density at radius 3 is 2.00 bits per heavy atom. The molecule has 1 N–H and O–H groups in total. The number of carbonyl (C=O) groups excluding carboxylic acids is 1. The number of aromatic nitrogens is 1. The van der Waals surface area contributed by atoms with Gasteiger partial charge >= 0.3 is 0 Å². The number of carbonyl (C=O) groups is 1. The Hall–Kier alpha value is -2.86. The smallest absolute Gasteiger partial charge is 0.262 e. The van der Waals surface area contributed by atoms with Crippen molar-refractivity contribution in [3.63, 3.8) is 0 Å². The minimum Gasteiger partial charge on any atom is -0.494 e. The standard InChI is InChI=1S/C33H46N2O3S/c1-3-4-5-6-7-8-9-10-11-12-13-16-23-37-30-19-21-31(22-20-30)38-26-33(36)34-32-18-15-14-17-29(32)25-35-24-28(2)39-27-35/h14-15,17-22,24,27H,3-13,16,23,25-26H2,1-2H3/p+1. The van der Waals surface area contributed by atoms with Gasteiger partial charge in [-0.25, -0.2) is 0 Å². The second kappa shape index (κ2) is 18.4. The van der Waals surface area contributed by atoms with Crippen molar-refractivity contribution in [2.75, 3.05) is 18.5 Å². The maximum absolute atomic E-state index is 12.5. The van der Waals surface area contributed by atoms with Crippen molar-refractivity contribution in [3.05, 3.63) is 70.7 Å². The summed E-state index contributed by atoms with van der Waals surface area (Å²) in [6.45, 7) is 5.77. The lowest BCUT2D eigenvalue weighted by Crippen LogP contribution is -2.31. The minimum absolute atomic E-state index is 0.0436. The molecule has 0 aliphatic rings. The molecule has 212 valence electrons. The van der Waals surface area contributed by atoms with Crippen molar-refractivity contribution in [1.29, 1.82) is 0 Å². The van der Waals surface area contributed by atoms with E-state index in [4.69, 9.17) is 9.47 Å². The van der Waals surface area contributed by atoms with E-state index in [1.165, 1.54) is 75.5 Å². The van der Waals surface area contributed by atoms with Crippen LogP contribution in [-0.4, -0.2) is 19.1 Å². The topological polar surface area (TPSA) is 51.4 Å². The van der Waals surface area contributed by atoms with Gasteiger partial charge in [-0.15, -0.1) is 0 Å². The lowest BCUT2D eigenvalue weighted by Gasteiger charge is -2.11. The van der Waals surface area contributed by atoms with Crippen LogP contribution in [0.2, 0.25) is 0 Å². The van der Waals surface area contributed by atoms with Crippen molar-refractivity contribution in [2.24, 2.45) is 0 Å². The fourth-order valence-electron chi connectivity index (χ4n) is 4.61. The van der Waals surface area contributed by atoms with Gasteiger partial charge < -0.3 is 14.8 Å². The average Bonchev–Trinajstić information content (AvgIpc) is 3.36. The molecule has 3 aromatic rings. The van der Waals surface area contributed by atoms with E-state index in [0.717, 1.165) is 30.0 Å². The Kier molecular flexibility index (Phi) is 14.5. The summed E-state index contributed by atoms with van der Waals surface area (Å²) < 4.78 is 13.7. The molecule has 39 heavy (non-hydrogen) atoms. The number of unbranched alkanes of at least 4 members (excludes halogenated alkanes) is 11. The normalized spacial score (nSPS) is 10.9. The molecule has 0 fully saturated rings. The van der Waals surface area contributed by atoms with Crippen LogP contribution >= 0.6 is 11.3 Å². The molecular formula is C33H47N2O3S+. The highest BCUT2D eigenvalue weighted by Gasteiger charge is 2.12. The fraction of sp³-hybridized carbons (Fsp3) is 0.515. The molecule has 0 saturated carbocycles. The number of anilines is 1. The van der Waals surface area contributed by atoms with Crippen LogP contribution in [0.4, 0.5) is 5.69 Å². The van der Waals surface area contributed by atoms with Gasteiger partial charge in [-0.05, 0) is 43.7 Å². The molecular weight excluding hydrogens is 504 g/mol. The van der Waals surface area contributed by atoms with Gasteiger partial charge in [0.1, 0.15) is 11.5 Å². The molecule has 1 heterocycles. The van der Waals surface area contributed by atoms with Crippen molar-refractivity contribution in [3.8, 4) is 11.5 Å². The summed E-state index contributed by atoms with van der Waals surface area (Å²) >= 11 is 1.71. The molecule has 3 rings (SSSR count). The minimum atomic E-state index is -0.179. The number of para-hydroxylation sites is 1. The molecule has 0 aliphatic carbocycles. The van der Waals surface area contributed by atoms with E-state index < -0.39 is 0 Å². The monoisotopic (exact) mass is 551 g/mol. The van der Waals surface area contributed by atoms with E-state index >= 15 is 0 Å². The highest BCUT2D eigenvalue weighted by atomic mass is 32.1. The Labute approximate surface area is 239 Å². The number of ether oxygens (including phenoxy) is 2. The molecule has 5 nitrogen and oxygen atoms in total.